The van der Waals surface area contributed by atoms with E-state index < -0.39 is 0 Å². The quantitative estimate of drug-likeness (QED) is 0.895. The molecule has 0 aliphatic rings. The van der Waals surface area contributed by atoms with E-state index >= 15 is 0 Å². The summed E-state index contributed by atoms with van der Waals surface area (Å²) in [4.78, 5) is 13.2. The minimum atomic E-state index is 0.271. The second kappa shape index (κ2) is 5.69. The topological polar surface area (TPSA) is 50.7 Å². The summed E-state index contributed by atoms with van der Waals surface area (Å²) in [7, 11) is 0. The monoisotopic (exact) mass is 242 g/mol. The molecule has 0 spiro atoms. The second-order valence-electron chi connectivity index (χ2n) is 4.23. The first kappa shape index (κ1) is 12.6. The number of aromatic nitrogens is 3. The first-order chi connectivity index (χ1) is 8.72. The molecule has 0 aliphatic heterocycles. The normalized spacial score (nSPS) is 12.4. The summed E-state index contributed by atoms with van der Waals surface area (Å²) in [5, 5.41) is 3.37. The number of hydrogen-bond donors (Lipinski definition) is 1. The molecule has 2 aromatic heterocycles. The molecule has 2 aromatic rings. The van der Waals surface area contributed by atoms with Crippen LogP contribution < -0.4 is 5.32 Å². The number of pyridine rings is 1. The van der Waals surface area contributed by atoms with Gasteiger partial charge in [0.05, 0.1) is 0 Å². The Bertz CT molecular complexity index is 510. The standard InChI is InChI=1S/C14H18N4/c1-4-15-10(2)12-9-17-14(18-11(12)3)13-7-5-6-8-16-13/h5-10,15H,4H2,1-3H3. The van der Waals surface area contributed by atoms with Crippen LogP contribution in [0.3, 0.4) is 0 Å². The van der Waals surface area contributed by atoms with E-state index in [0.717, 1.165) is 23.5 Å². The molecule has 0 saturated heterocycles. The van der Waals surface area contributed by atoms with E-state index in [1.807, 2.05) is 31.3 Å². The highest BCUT2D eigenvalue weighted by atomic mass is 14.9. The van der Waals surface area contributed by atoms with Crippen molar-refractivity contribution in [1.29, 1.82) is 0 Å². The van der Waals surface area contributed by atoms with Crippen LogP contribution in [0.5, 0.6) is 0 Å². The molecular formula is C14H18N4. The van der Waals surface area contributed by atoms with E-state index in [-0.39, 0.29) is 6.04 Å². The fraction of sp³-hybridized carbons (Fsp3) is 0.357. The van der Waals surface area contributed by atoms with Crippen molar-refractivity contribution in [3.05, 3.63) is 41.9 Å². The summed E-state index contributed by atoms with van der Waals surface area (Å²) >= 11 is 0. The summed E-state index contributed by atoms with van der Waals surface area (Å²) in [6.45, 7) is 7.16. The molecule has 1 unspecified atom stereocenters. The van der Waals surface area contributed by atoms with Crippen LogP contribution in [0.1, 0.15) is 31.1 Å². The van der Waals surface area contributed by atoms with Crippen molar-refractivity contribution in [1.82, 2.24) is 20.3 Å². The number of aryl methyl sites for hydroxylation is 1. The lowest BCUT2D eigenvalue weighted by atomic mass is 10.1. The van der Waals surface area contributed by atoms with Crippen molar-refractivity contribution in [3.8, 4) is 11.5 Å². The van der Waals surface area contributed by atoms with Crippen molar-refractivity contribution < 1.29 is 0 Å². The highest BCUT2D eigenvalue weighted by Crippen LogP contribution is 2.18. The minimum Gasteiger partial charge on any atom is -0.310 e. The molecule has 18 heavy (non-hydrogen) atoms. The highest BCUT2D eigenvalue weighted by molar-refractivity contribution is 5.48. The number of nitrogens with one attached hydrogen (secondary N) is 1. The van der Waals surface area contributed by atoms with Gasteiger partial charge in [0, 0.05) is 29.7 Å². The molecule has 0 amide bonds. The van der Waals surface area contributed by atoms with E-state index in [0.29, 0.717) is 5.82 Å². The summed E-state index contributed by atoms with van der Waals surface area (Å²) < 4.78 is 0. The van der Waals surface area contributed by atoms with Gasteiger partial charge in [0.15, 0.2) is 5.82 Å². The van der Waals surface area contributed by atoms with E-state index in [4.69, 9.17) is 0 Å². The van der Waals surface area contributed by atoms with Crippen LogP contribution in [-0.2, 0) is 0 Å². The van der Waals surface area contributed by atoms with Crippen LogP contribution in [0.4, 0.5) is 0 Å². The predicted octanol–water partition coefficient (Wildman–Crippen LogP) is 2.52. The van der Waals surface area contributed by atoms with Gasteiger partial charge in [0.2, 0.25) is 0 Å². The zero-order chi connectivity index (χ0) is 13.0. The van der Waals surface area contributed by atoms with Gasteiger partial charge in [-0.05, 0) is 32.5 Å². The third kappa shape index (κ3) is 2.71. The zero-order valence-electron chi connectivity index (χ0n) is 11.0. The van der Waals surface area contributed by atoms with Gasteiger partial charge in [-0.25, -0.2) is 9.97 Å². The van der Waals surface area contributed by atoms with Crippen molar-refractivity contribution in [2.24, 2.45) is 0 Å². The maximum Gasteiger partial charge on any atom is 0.178 e. The van der Waals surface area contributed by atoms with E-state index in [2.05, 4.69) is 34.1 Å². The first-order valence-corrected chi connectivity index (χ1v) is 6.20. The first-order valence-electron chi connectivity index (χ1n) is 6.20. The van der Waals surface area contributed by atoms with Gasteiger partial charge in [-0.1, -0.05) is 13.0 Å². The Balaban J connectivity index is 2.31. The Kier molecular flexibility index (Phi) is 3.99. The van der Waals surface area contributed by atoms with Crippen molar-refractivity contribution in [3.63, 3.8) is 0 Å². The Morgan fingerprint density at radius 2 is 2.11 bits per heavy atom. The lowest BCUT2D eigenvalue weighted by Crippen LogP contribution is -2.19. The van der Waals surface area contributed by atoms with Crippen LogP contribution in [0, 0.1) is 6.92 Å². The summed E-state index contributed by atoms with van der Waals surface area (Å²) in [5.74, 6) is 0.681. The van der Waals surface area contributed by atoms with Gasteiger partial charge >= 0.3 is 0 Å². The number of nitrogens with zero attached hydrogens (tertiary/aromatic N) is 3. The Morgan fingerprint density at radius 1 is 1.28 bits per heavy atom. The molecule has 2 rings (SSSR count). The maximum absolute atomic E-state index is 4.53. The molecule has 2 heterocycles. The van der Waals surface area contributed by atoms with Crippen LogP contribution in [0.25, 0.3) is 11.5 Å². The average molecular weight is 242 g/mol. The lowest BCUT2D eigenvalue weighted by molar-refractivity contribution is 0.590. The van der Waals surface area contributed by atoms with E-state index in [1.165, 1.54) is 0 Å². The summed E-state index contributed by atoms with van der Waals surface area (Å²) in [5.41, 5.74) is 2.94. The van der Waals surface area contributed by atoms with Crippen LogP contribution in [0.2, 0.25) is 0 Å². The fourth-order valence-electron chi connectivity index (χ4n) is 1.94. The lowest BCUT2D eigenvalue weighted by Gasteiger charge is -2.14. The van der Waals surface area contributed by atoms with Gasteiger partial charge in [-0.2, -0.15) is 0 Å². The Labute approximate surface area is 108 Å². The van der Waals surface area contributed by atoms with E-state index in [1.54, 1.807) is 6.20 Å². The van der Waals surface area contributed by atoms with Gasteiger partial charge in [0.25, 0.3) is 0 Å². The van der Waals surface area contributed by atoms with Gasteiger partial charge < -0.3 is 5.32 Å². The van der Waals surface area contributed by atoms with Gasteiger partial charge in [-0.15, -0.1) is 0 Å². The third-order valence-electron chi connectivity index (χ3n) is 2.89. The molecule has 1 N–H and O–H groups in total. The second-order valence-corrected chi connectivity index (χ2v) is 4.23. The predicted molar refractivity (Wildman–Crippen MR) is 72.1 cm³/mol. The van der Waals surface area contributed by atoms with Crippen LogP contribution >= 0.6 is 0 Å². The van der Waals surface area contributed by atoms with Crippen LogP contribution in [-0.4, -0.2) is 21.5 Å². The SMILES string of the molecule is CCNC(C)c1cnc(-c2ccccn2)nc1C. The Morgan fingerprint density at radius 3 is 2.72 bits per heavy atom. The maximum atomic E-state index is 4.53. The molecule has 0 aromatic carbocycles. The molecule has 0 radical (unpaired) electrons. The molecule has 0 aliphatic carbocycles. The fourth-order valence-corrected chi connectivity index (χ4v) is 1.94. The third-order valence-corrected chi connectivity index (χ3v) is 2.89. The van der Waals surface area contributed by atoms with E-state index in [9.17, 15) is 0 Å². The molecule has 4 nitrogen and oxygen atoms in total. The molecule has 1 atom stereocenters. The minimum absolute atomic E-state index is 0.271. The number of rotatable bonds is 4. The van der Waals surface area contributed by atoms with Gasteiger partial charge in [-0.3, -0.25) is 4.98 Å². The number of hydrogen-bond acceptors (Lipinski definition) is 4. The smallest absolute Gasteiger partial charge is 0.178 e. The largest absolute Gasteiger partial charge is 0.310 e. The molecular weight excluding hydrogens is 224 g/mol. The van der Waals surface area contributed by atoms with Crippen molar-refractivity contribution in [2.75, 3.05) is 6.54 Å². The summed E-state index contributed by atoms with van der Waals surface area (Å²) in [6.07, 6.45) is 3.64. The molecule has 4 heteroatoms. The molecule has 0 saturated carbocycles. The summed E-state index contributed by atoms with van der Waals surface area (Å²) in [6, 6.07) is 6.02. The van der Waals surface area contributed by atoms with Crippen LogP contribution in [0.15, 0.2) is 30.6 Å². The molecule has 0 bridgehead atoms. The Hall–Kier alpha value is -1.81. The highest BCUT2D eigenvalue weighted by Gasteiger charge is 2.11. The average Bonchev–Trinajstić information content (AvgIpc) is 2.40. The van der Waals surface area contributed by atoms with Crippen molar-refractivity contribution in [2.45, 2.75) is 26.8 Å². The van der Waals surface area contributed by atoms with Gasteiger partial charge in [0.1, 0.15) is 5.69 Å². The van der Waals surface area contributed by atoms with Crippen molar-refractivity contribution >= 4 is 0 Å². The zero-order valence-corrected chi connectivity index (χ0v) is 11.0. The molecule has 94 valence electrons. The molecule has 0 fully saturated rings.